The predicted octanol–water partition coefficient (Wildman–Crippen LogP) is 1.84. The molecular formula is C15H22N2O. The van der Waals surface area contributed by atoms with Crippen LogP contribution in [0.5, 0.6) is 5.75 Å². The van der Waals surface area contributed by atoms with Crippen LogP contribution in [0.4, 0.5) is 0 Å². The van der Waals surface area contributed by atoms with Crippen LogP contribution in [0.3, 0.4) is 0 Å². The third-order valence-electron chi connectivity index (χ3n) is 4.50. The van der Waals surface area contributed by atoms with Gasteiger partial charge < -0.3 is 15.0 Å². The fourth-order valence-electron chi connectivity index (χ4n) is 3.52. The fraction of sp³-hybridized carbons (Fsp3) is 0.600. The van der Waals surface area contributed by atoms with Gasteiger partial charge in [-0.2, -0.15) is 0 Å². The minimum Gasteiger partial charge on any atom is -0.497 e. The summed E-state index contributed by atoms with van der Waals surface area (Å²) in [6.07, 6.45) is 2.64. The van der Waals surface area contributed by atoms with Gasteiger partial charge in [-0.05, 0) is 44.1 Å². The van der Waals surface area contributed by atoms with Gasteiger partial charge in [-0.1, -0.05) is 12.1 Å². The first kappa shape index (κ1) is 12.0. The van der Waals surface area contributed by atoms with Crippen LogP contribution < -0.4 is 10.1 Å². The molecule has 3 unspecified atom stereocenters. The van der Waals surface area contributed by atoms with E-state index >= 15 is 0 Å². The number of benzene rings is 1. The number of nitrogens with zero attached hydrogens (tertiary/aromatic N) is 1. The third kappa shape index (κ3) is 2.02. The zero-order chi connectivity index (χ0) is 12.5. The molecule has 18 heavy (non-hydrogen) atoms. The summed E-state index contributed by atoms with van der Waals surface area (Å²) in [6.45, 7) is 2.33. The normalized spacial score (nSPS) is 32.2. The topological polar surface area (TPSA) is 24.5 Å². The van der Waals surface area contributed by atoms with Gasteiger partial charge in [0.15, 0.2) is 0 Å². The van der Waals surface area contributed by atoms with Gasteiger partial charge in [-0.15, -0.1) is 0 Å². The summed E-state index contributed by atoms with van der Waals surface area (Å²) in [5, 5.41) is 3.72. The first-order valence-corrected chi connectivity index (χ1v) is 6.87. The van der Waals surface area contributed by atoms with Crippen molar-refractivity contribution in [3.8, 4) is 5.75 Å². The third-order valence-corrected chi connectivity index (χ3v) is 4.50. The van der Waals surface area contributed by atoms with Crippen LogP contribution in [0.15, 0.2) is 24.3 Å². The van der Waals surface area contributed by atoms with E-state index in [1.807, 2.05) is 0 Å². The molecule has 98 valence electrons. The van der Waals surface area contributed by atoms with Crippen molar-refractivity contribution in [2.75, 3.05) is 27.2 Å². The standard InChI is InChI=1S/C15H22N2O/c1-17-10-13(15-14(17)4-3-9-16-15)11-5-7-12(18-2)8-6-11/h5-8,13-16H,3-4,9-10H2,1-2H3. The first-order chi connectivity index (χ1) is 8.79. The van der Waals surface area contributed by atoms with Gasteiger partial charge in [0.25, 0.3) is 0 Å². The largest absolute Gasteiger partial charge is 0.497 e. The molecule has 2 fully saturated rings. The molecule has 2 aliphatic heterocycles. The van der Waals surface area contributed by atoms with Gasteiger partial charge in [-0.25, -0.2) is 0 Å². The Hall–Kier alpha value is -1.06. The van der Waals surface area contributed by atoms with Gasteiger partial charge in [0.2, 0.25) is 0 Å². The lowest BCUT2D eigenvalue weighted by Crippen LogP contribution is -2.47. The Kier molecular flexibility index (Phi) is 3.27. The Morgan fingerprint density at radius 1 is 1.28 bits per heavy atom. The molecule has 2 saturated heterocycles. The zero-order valence-electron chi connectivity index (χ0n) is 11.2. The molecule has 0 saturated carbocycles. The molecule has 1 aromatic rings. The van der Waals surface area contributed by atoms with E-state index in [4.69, 9.17) is 4.74 Å². The van der Waals surface area contributed by atoms with E-state index in [1.54, 1.807) is 7.11 Å². The lowest BCUT2D eigenvalue weighted by Gasteiger charge is -2.32. The van der Waals surface area contributed by atoms with Gasteiger partial charge in [0.05, 0.1) is 7.11 Å². The van der Waals surface area contributed by atoms with Gasteiger partial charge in [0.1, 0.15) is 5.75 Å². The van der Waals surface area contributed by atoms with Crippen molar-refractivity contribution in [3.05, 3.63) is 29.8 Å². The average Bonchev–Trinajstić information content (AvgIpc) is 2.77. The van der Waals surface area contributed by atoms with Crippen molar-refractivity contribution < 1.29 is 4.74 Å². The maximum atomic E-state index is 5.23. The van der Waals surface area contributed by atoms with E-state index in [1.165, 1.54) is 24.9 Å². The molecule has 2 heterocycles. The number of fused-ring (bicyclic) bond motifs is 1. The van der Waals surface area contributed by atoms with Crippen molar-refractivity contribution >= 4 is 0 Å². The van der Waals surface area contributed by atoms with Crippen LogP contribution in [-0.2, 0) is 0 Å². The second kappa shape index (κ2) is 4.90. The van der Waals surface area contributed by atoms with E-state index in [2.05, 4.69) is 41.5 Å². The summed E-state index contributed by atoms with van der Waals surface area (Å²) in [4.78, 5) is 2.52. The lowest BCUT2D eigenvalue weighted by molar-refractivity contribution is 0.237. The molecule has 3 nitrogen and oxygen atoms in total. The van der Waals surface area contributed by atoms with Crippen LogP contribution in [0.1, 0.15) is 24.3 Å². The maximum Gasteiger partial charge on any atom is 0.118 e. The van der Waals surface area contributed by atoms with E-state index in [9.17, 15) is 0 Å². The highest BCUT2D eigenvalue weighted by molar-refractivity contribution is 5.32. The van der Waals surface area contributed by atoms with Gasteiger partial charge in [0, 0.05) is 24.5 Å². The smallest absolute Gasteiger partial charge is 0.118 e. The Bertz CT molecular complexity index is 403. The molecule has 0 spiro atoms. The summed E-state index contributed by atoms with van der Waals surface area (Å²) in [7, 11) is 3.98. The predicted molar refractivity (Wildman–Crippen MR) is 73.2 cm³/mol. The van der Waals surface area contributed by atoms with E-state index < -0.39 is 0 Å². The minimum absolute atomic E-state index is 0.617. The van der Waals surface area contributed by atoms with E-state index in [-0.39, 0.29) is 0 Å². The van der Waals surface area contributed by atoms with E-state index in [0.29, 0.717) is 18.0 Å². The molecule has 0 aromatic heterocycles. The van der Waals surface area contributed by atoms with Crippen molar-refractivity contribution in [2.45, 2.75) is 30.8 Å². The molecule has 0 aliphatic carbocycles. The zero-order valence-corrected chi connectivity index (χ0v) is 11.2. The minimum atomic E-state index is 0.617. The van der Waals surface area contributed by atoms with Crippen LogP contribution in [0.25, 0.3) is 0 Å². The number of rotatable bonds is 2. The fourth-order valence-corrected chi connectivity index (χ4v) is 3.52. The molecule has 0 amide bonds. The van der Waals surface area contributed by atoms with Crippen LogP contribution in [-0.4, -0.2) is 44.2 Å². The molecule has 1 aromatic carbocycles. The molecule has 0 radical (unpaired) electrons. The summed E-state index contributed by atoms with van der Waals surface area (Å²) < 4.78 is 5.23. The molecule has 3 atom stereocenters. The average molecular weight is 246 g/mol. The van der Waals surface area contributed by atoms with Crippen molar-refractivity contribution in [1.82, 2.24) is 10.2 Å². The summed E-state index contributed by atoms with van der Waals surface area (Å²) in [6, 6.07) is 9.92. The highest BCUT2D eigenvalue weighted by Crippen LogP contribution is 2.35. The monoisotopic (exact) mass is 246 g/mol. The molecule has 1 N–H and O–H groups in total. The number of ether oxygens (including phenoxy) is 1. The number of likely N-dealkylation sites (tertiary alicyclic amines) is 1. The SMILES string of the molecule is COc1ccc(C2CN(C)C3CCCNC23)cc1. The number of likely N-dealkylation sites (N-methyl/N-ethyl adjacent to an activating group) is 1. The second-order valence-electron chi connectivity index (χ2n) is 5.51. The Morgan fingerprint density at radius 2 is 2.06 bits per heavy atom. The lowest BCUT2D eigenvalue weighted by atomic mass is 9.88. The number of piperidine rings is 1. The summed E-state index contributed by atoms with van der Waals surface area (Å²) in [5.74, 6) is 1.56. The Morgan fingerprint density at radius 3 is 2.78 bits per heavy atom. The highest BCUT2D eigenvalue weighted by atomic mass is 16.5. The Balaban J connectivity index is 1.82. The summed E-state index contributed by atoms with van der Waals surface area (Å²) in [5.41, 5.74) is 1.43. The molecule has 0 bridgehead atoms. The number of hydrogen-bond acceptors (Lipinski definition) is 3. The van der Waals surface area contributed by atoms with E-state index in [0.717, 1.165) is 12.3 Å². The van der Waals surface area contributed by atoms with Crippen molar-refractivity contribution in [1.29, 1.82) is 0 Å². The van der Waals surface area contributed by atoms with Gasteiger partial charge >= 0.3 is 0 Å². The van der Waals surface area contributed by atoms with Crippen molar-refractivity contribution in [2.24, 2.45) is 0 Å². The number of nitrogens with one attached hydrogen (secondary N) is 1. The molecule has 3 rings (SSSR count). The van der Waals surface area contributed by atoms with Gasteiger partial charge in [-0.3, -0.25) is 0 Å². The first-order valence-electron chi connectivity index (χ1n) is 6.87. The van der Waals surface area contributed by atoms with Crippen LogP contribution in [0.2, 0.25) is 0 Å². The van der Waals surface area contributed by atoms with Crippen LogP contribution in [0, 0.1) is 0 Å². The second-order valence-corrected chi connectivity index (χ2v) is 5.51. The Labute approximate surface area is 109 Å². The van der Waals surface area contributed by atoms with Crippen LogP contribution >= 0.6 is 0 Å². The quantitative estimate of drug-likeness (QED) is 0.862. The molecular weight excluding hydrogens is 224 g/mol. The molecule has 3 heteroatoms. The number of hydrogen-bond donors (Lipinski definition) is 1. The highest BCUT2D eigenvalue weighted by Gasteiger charge is 2.41. The number of methoxy groups -OCH3 is 1. The molecule has 2 aliphatic rings. The maximum absolute atomic E-state index is 5.23. The van der Waals surface area contributed by atoms with Crippen molar-refractivity contribution in [3.63, 3.8) is 0 Å². The summed E-state index contributed by atoms with van der Waals surface area (Å²) >= 11 is 0.